The number of benzene rings is 2. The standard InChI is InChI=1S/C15H11BrN2O2/c16-13(9-12-5-2-1-3-6-12)11-17-14-7-4-8-15(10-14)18(19)20/h1-11H/b13-9-,17-11?. The summed E-state index contributed by atoms with van der Waals surface area (Å²) in [6.45, 7) is 0. The Hall–Kier alpha value is -2.27. The maximum atomic E-state index is 10.7. The van der Waals surface area contributed by atoms with E-state index in [0.717, 1.165) is 10.0 Å². The van der Waals surface area contributed by atoms with Crippen molar-refractivity contribution in [3.8, 4) is 0 Å². The number of rotatable bonds is 4. The number of nitrogens with zero attached hydrogens (tertiary/aromatic N) is 2. The van der Waals surface area contributed by atoms with Crippen LogP contribution in [0.4, 0.5) is 11.4 Å². The highest BCUT2D eigenvalue weighted by Gasteiger charge is 2.04. The van der Waals surface area contributed by atoms with E-state index in [0.29, 0.717) is 5.69 Å². The van der Waals surface area contributed by atoms with Gasteiger partial charge in [0.25, 0.3) is 5.69 Å². The third-order valence-electron chi connectivity index (χ3n) is 2.48. The lowest BCUT2D eigenvalue weighted by atomic mass is 10.2. The van der Waals surface area contributed by atoms with Gasteiger partial charge in [-0.25, -0.2) is 0 Å². The van der Waals surface area contributed by atoms with Gasteiger partial charge in [0.2, 0.25) is 0 Å². The van der Waals surface area contributed by atoms with Crippen molar-refractivity contribution in [2.75, 3.05) is 0 Å². The summed E-state index contributed by atoms with van der Waals surface area (Å²) in [4.78, 5) is 14.4. The van der Waals surface area contributed by atoms with Crippen molar-refractivity contribution in [2.45, 2.75) is 0 Å². The van der Waals surface area contributed by atoms with Crippen LogP contribution in [0, 0.1) is 10.1 Å². The predicted octanol–water partition coefficient (Wildman–Crippen LogP) is 4.73. The zero-order valence-corrected chi connectivity index (χ0v) is 12.0. The van der Waals surface area contributed by atoms with E-state index >= 15 is 0 Å². The third-order valence-corrected chi connectivity index (χ3v) is 2.92. The zero-order valence-electron chi connectivity index (χ0n) is 10.4. The molecule has 0 aliphatic carbocycles. The SMILES string of the molecule is O=[N+]([O-])c1cccc(N=C/C(Br)=C/c2ccccc2)c1. The summed E-state index contributed by atoms with van der Waals surface area (Å²) < 4.78 is 0.787. The second kappa shape index (κ2) is 6.77. The highest BCUT2D eigenvalue weighted by Crippen LogP contribution is 2.20. The van der Waals surface area contributed by atoms with Gasteiger partial charge in [-0.1, -0.05) is 36.4 Å². The number of non-ortho nitro benzene ring substituents is 1. The lowest BCUT2D eigenvalue weighted by Gasteiger charge is -1.95. The van der Waals surface area contributed by atoms with Crippen LogP contribution < -0.4 is 0 Å². The largest absolute Gasteiger partial charge is 0.271 e. The van der Waals surface area contributed by atoms with Gasteiger partial charge in [-0.15, -0.1) is 0 Å². The fraction of sp³-hybridized carbons (Fsp3) is 0. The molecule has 0 aromatic heterocycles. The molecule has 0 unspecified atom stereocenters. The van der Waals surface area contributed by atoms with Gasteiger partial charge < -0.3 is 0 Å². The summed E-state index contributed by atoms with van der Waals surface area (Å²) >= 11 is 3.40. The van der Waals surface area contributed by atoms with Crippen molar-refractivity contribution >= 4 is 39.6 Å². The summed E-state index contributed by atoms with van der Waals surface area (Å²) in [5, 5.41) is 10.7. The molecule has 0 aliphatic heterocycles. The van der Waals surface area contributed by atoms with Crippen LogP contribution in [0.25, 0.3) is 6.08 Å². The van der Waals surface area contributed by atoms with E-state index in [1.807, 2.05) is 36.4 Å². The first-order valence-electron chi connectivity index (χ1n) is 5.86. The Morgan fingerprint density at radius 1 is 1.15 bits per heavy atom. The summed E-state index contributed by atoms with van der Waals surface area (Å²) in [5.74, 6) is 0. The third kappa shape index (κ3) is 4.13. The lowest BCUT2D eigenvalue weighted by Crippen LogP contribution is -1.86. The molecule has 0 spiro atoms. The van der Waals surface area contributed by atoms with Crippen LogP contribution in [0.5, 0.6) is 0 Å². The zero-order chi connectivity index (χ0) is 14.4. The van der Waals surface area contributed by atoms with Crippen molar-refractivity contribution in [1.29, 1.82) is 0 Å². The van der Waals surface area contributed by atoms with E-state index in [1.165, 1.54) is 12.1 Å². The Kier molecular flexibility index (Phi) is 4.79. The summed E-state index contributed by atoms with van der Waals surface area (Å²) in [6, 6.07) is 16.0. The number of hydrogen-bond donors (Lipinski definition) is 0. The van der Waals surface area contributed by atoms with Gasteiger partial charge in [0.05, 0.1) is 10.6 Å². The molecule has 0 amide bonds. The Bertz CT molecular complexity index is 667. The van der Waals surface area contributed by atoms with Gasteiger partial charge in [-0.3, -0.25) is 15.1 Å². The molecule has 0 saturated carbocycles. The summed E-state index contributed by atoms with van der Waals surface area (Å²) in [6.07, 6.45) is 3.53. The van der Waals surface area contributed by atoms with Crippen molar-refractivity contribution in [1.82, 2.24) is 0 Å². The number of nitro groups is 1. The molecule has 2 rings (SSSR count). The van der Waals surface area contributed by atoms with E-state index in [1.54, 1.807) is 18.3 Å². The van der Waals surface area contributed by atoms with Gasteiger partial charge >= 0.3 is 0 Å². The molecule has 5 heteroatoms. The Labute approximate surface area is 124 Å². The van der Waals surface area contributed by atoms with Crippen LogP contribution in [0.3, 0.4) is 0 Å². The first kappa shape index (κ1) is 14.1. The van der Waals surface area contributed by atoms with Crippen molar-refractivity contribution in [3.63, 3.8) is 0 Å². The van der Waals surface area contributed by atoms with Gasteiger partial charge in [-0.2, -0.15) is 0 Å². The molecule has 0 saturated heterocycles. The average Bonchev–Trinajstić information content (AvgIpc) is 2.46. The van der Waals surface area contributed by atoms with E-state index in [-0.39, 0.29) is 5.69 Å². The average molecular weight is 331 g/mol. The van der Waals surface area contributed by atoms with Crippen LogP contribution in [-0.4, -0.2) is 11.1 Å². The maximum Gasteiger partial charge on any atom is 0.271 e. The highest BCUT2D eigenvalue weighted by atomic mass is 79.9. The molecule has 0 bridgehead atoms. The minimum Gasteiger partial charge on any atom is -0.258 e. The first-order chi connectivity index (χ1) is 9.65. The quantitative estimate of drug-likeness (QED) is 0.462. The molecule has 2 aromatic carbocycles. The lowest BCUT2D eigenvalue weighted by molar-refractivity contribution is -0.384. The smallest absolute Gasteiger partial charge is 0.258 e. The van der Waals surface area contributed by atoms with Crippen molar-refractivity contribution < 1.29 is 4.92 Å². The number of hydrogen-bond acceptors (Lipinski definition) is 3. The van der Waals surface area contributed by atoms with Crippen LogP contribution in [0.15, 0.2) is 64.1 Å². The Balaban J connectivity index is 2.15. The number of halogens is 1. The summed E-state index contributed by atoms with van der Waals surface area (Å²) in [5.41, 5.74) is 1.62. The maximum absolute atomic E-state index is 10.7. The van der Waals surface area contributed by atoms with Gasteiger partial charge in [0.15, 0.2) is 0 Å². The predicted molar refractivity (Wildman–Crippen MR) is 84.6 cm³/mol. The van der Waals surface area contributed by atoms with E-state index in [2.05, 4.69) is 20.9 Å². The van der Waals surface area contributed by atoms with Crippen molar-refractivity contribution in [3.05, 3.63) is 74.8 Å². The second-order valence-electron chi connectivity index (χ2n) is 3.98. The molecule has 20 heavy (non-hydrogen) atoms. The minimum atomic E-state index is -0.437. The van der Waals surface area contributed by atoms with Gasteiger partial charge in [0.1, 0.15) is 0 Å². The van der Waals surface area contributed by atoms with Gasteiger partial charge in [-0.05, 0) is 33.6 Å². The van der Waals surface area contributed by atoms with E-state index in [4.69, 9.17) is 0 Å². The molecular weight excluding hydrogens is 320 g/mol. The molecule has 0 heterocycles. The van der Waals surface area contributed by atoms with Gasteiger partial charge in [0, 0.05) is 22.8 Å². The normalized spacial score (nSPS) is 11.8. The Morgan fingerprint density at radius 2 is 1.90 bits per heavy atom. The van der Waals surface area contributed by atoms with E-state index < -0.39 is 4.92 Å². The van der Waals surface area contributed by atoms with E-state index in [9.17, 15) is 10.1 Å². The molecule has 2 aromatic rings. The van der Waals surface area contributed by atoms with Crippen LogP contribution in [0.2, 0.25) is 0 Å². The minimum absolute atomic E-state index is 0.0304. The first-order valence-corrected chi connectivity index (χ1v) is 6.65. The van der Waals surface area contributed by atoms with Crippen LogP contribution in [-0.2, 0) is 0 Å². The molecule has 100 valence electrons. The molecular formula is C15H11BrN2O2. The topological polar surface area (TPSA) is 55.5 Å². The summed E-state index contributed by atoms with van der Waals surface area (Å²) in [7, 11) is 0. The molecule has 0 atom stereocenters. The molecule has 0 aliphatic rings. The fourth-order valence-corrected chi connectivity index (χ4v) is 1.94. The second-order valence-corrected chi connectivity index (χ2v) is 4.89. The monoisotopic (exact) mass is 330 g/mol. The number of aliphatic imine (C=N–C) groups is 1. The highest BCUT2D eigenvalue weighted by molar-refractivity contribution is 9.12. The Morgan fingerprint density at radius 3 is 2.60 bits per heavy atom. The van der Waals surface area contributed by atoms with Crippen LogP contribution >= 0.6 is 15.9 Å². The molecule has 0 N–H and O–H groups in total. The van der Waals surface area contributed by atoms with Crippen LogP contribution in [0.1, 0.15) is 5.56 Å². The number of allylic oxidation sites excluding steroid dienone is 1. The fourth-order valence-electron chi connectivity index (χ4n) is 1.57. The molecule has 4 nitrogen and oxygen atoms in total. The molecule has 0 radical (unpaired) electrons. The van der Waals surface area contributed by atoms with Crippen molar-refractivity contribution in [2.24, 2.45) is 4.99 Å². The number of nitro benzene ring substituents is 1. The molecule has 0 fully saturated rings.